The maximum Gasteiger partial charge on any atom is 0.143 e. The van der Waals surface area contributed by atoms with Gasteiger partial charge in [-0.15, -0.1) is 5.10 Å². The summed E-state index contributed by atoms with van der Waals surface area (Å²) in [6.45, 7) is 0. The van der Waals surface area contributed by atoms with Gasteiger partial charge in [0.2, 0.25) is 0 Å². The van der Waals surface area contributed by atoms with Crippen molar-refractivity contribution < 1.29 is 4.79 Å². The molecule has 4 nitrogen and oxygen atoms in total. The second kappa shape index (κ2) is 4.70. The van der Waals surface area contributed by atoms with E-state index in [4.69, 9.17) is 0 Å². The molecule has 1 aromatic carbocycles. The molecule has 1 heterocycles. The fraction of sp³-hybridized carbons (Fsp3) is 0.250. The van der Waals surface area contributed by atoms with Crippen molar-refractivity contribution in [3.8, 4) is 0 Å². The van der Waals surface area contributed by atoms with Crippen LogP contribution >= 0.6 is 0 Å². The van der Waals surface area contributed by atoms with Crippen LogP contribution in [0.15, 0.2) is 36.5 Å². The van der Waals surface area contributed by atoms with E-state index in [-0.39, 0.29) is 5.78 Å². The van der Waals surface area contributed by atoms with Crippen molar-refractivity contribution in [2.75, 3.05) is 0 Å². The molecule has 2 rings (SSSR count). The SMILES string of the molecule is Cn1cc(CC(=O)Cc2ccccc2)nn1. The molecule has 4 heteroatoms. The second-order valence-corrected chi connectivity index (χ2v) is 3.76. The first-order chi connectivity index (χ1) is 7.74. The van der Waals surface area contributed by atoms with Gasteiger partial charge in [0.15, 0.2) is 0 Å². The van der Waals surface area contributed by atoms with Gasteiger partial charge in [0, 0.05) is 19.7 Å². The van der Waals surface area contributed by atoms with Gasteiger partial charge in [-0.25, -0.2) is 0 Å². The largest absolute Gasteiger partial charge is 0.299 e. The third-order valence-electron chi connectivity index (χ3n) is 2.27. The number of hydrogen-bond acceptors (Lipinski definition) is 3. The first-order valence-electron chi connectivity index (χ1n) is 5.15. The molecule has 0 bridgehead atoms. The number of benzene rings is 1. The number of carbonyl (C=O) groups is 1. The molecule has 0 saturated carbocycles. The van der Waals surface area contributed by atoms with E-state index in [2.05, 4.69) is 10.3 Å². The van der Waals surface area contributed by atoms with Gasteiger partial charge in [-0.3, -0.25) is 9.48 Å². The average Bonchev–Trinajstić information content (AvgIpc) is 2.65. The van der Waals surface area contributed by atoms with Crippen LogP contribution in [0.3, 0.4) is 0 Å². The molecule has 0 radical (unpaired) electrons. The number of aromatic nitrogens is 3. The summed E-state index contributed by atoms with van der Waals surface area (Å²) in [5.74, 6) is 0.159. The number of nitrogens with zero attached hydrogens (tertiary/aromatic N) is 3. The number of aryl methyl sites for hydroxylation is 1. The highest BCUT2D eigenvalue weighted by molar-refractivity contribution is 5.82. The maximum atomic E-state index is 11.7. The monoisotopic (exact) mass is 215 g/mol. The number of hydrogen-bond donors (Lipinski definition) is 0. The zero-order chi connectivity index (χ0) is 11.4. The Hall–Kier alpha value is -1.97. The molecule has 82 valence electrons. The third kappa shape index (κ3) is 2.76. The predicted molar refractivity (Wildman–Crippen MR) is 59.9 cm³/mol. The summed E-state index contributed by atoms with van der Waals surface area (Å²) in [6.07, 6.45) is 2.57. The Balaban J connectivity index is 1.95. The number of Topliss-reactive ketones (excluding diaryl/α,β-unsaturated/α-hetero) is 1. The standard InChI is InChI=1S/C12H13N3O/c1-15-9-11(13-14-15)8-12(16)7-10-5-3-2-4-6-10/h2-6,9H,7-8H2,1H3. The Kier molecular flexibility index (Phi) is 3.10. The van der Waals surface area contributed by atoms with Crippen LogP contribution in [0.1, 0.15) is 11.3 Å². The summed E-state index contributed by atoms with van der Waals surface area (Å²) in [6, 6.07) is 9.72. The Morgan fingerprint density at radius 2 is 2.00 bits per heavy atom. The van der Waals surface area contributed by atoms with Gasteiger partial charge in [-0.1, -0.05) is 35.5 Å². The predicted octanol–water partition coefficient (Wildman–Crippen LogP) is 1.17. The van der Waals surface area contributed by atoms with Crippen LogP contribution in [0.25, 0.3) is 0 Å². The van der Waals surface area contributed by atoms with Gasteiger partial charge >= 0.3 is 0 Å². The molecular weight excluding hydrogens is 202 g/mol. The molecule has 0 fully saturated rings. The molecule has 2 aromatic rings. The molecular formula is C12H13N3O. The molecule has 0 atom stereocenters. The summed E-state index contributed by atoms with van der Waals surface area (Å²) < 4.78 is 1.60. The lowest BCUT2D eigenvalue weighted by Gasteiger charge is -1.98. The average molecular weight is 215 g/mol. The van der Waals surface area contributed by atoms with Crippen molar-refractivity contribution in [3.63, 3.8) is 0 Å². The van der Waals surface area contributed by atoms with Crippen molar-refractivity contribution in [2.24, 2.45) is 7.05 Å². The summed E-state index contributed by atoms with van der Waals surface area (Å²) in [4.78, 5) is 11.7. The van der Waals surface area contributed by atoms with E-state index in [1.54, 1.807) is 17.9 Å². The van der Waals surface area contributed by atoms with Gasteiger partial charge in [0.05, 0.1) is 12.1 Å². The first kappa shape index (κ1) is 10.5. The van der Waals surface area contributed by atoms with Crippen LogP contribution < -0.4 is 0 Å². The molecule has 0 spiro atoms. The number of ketones is 1. The minimum atomic E-state index is 0.159. The normalized spacial score (nSPS) is 10.3. The van der Waals surface area contributed by atoms with Crippen LogP contribution in [-0.4, -0.2) is 20.8 Å². The van der Waals surface area contributed by atoms with Crippen molar-refractivity contribution in [3.05, 3.63) is 47.8 Å². The molecule has 0 aliphatic rings. The first-order valence-corrected chi connectivity index (χ1v) is 5.15. The molecule has 0 unspecified atom stereocenters. The van der Waals surface area contributed by atoms with Crippen molar-refractivity contribution in [1.29, 1.82) is 0 Å². The van der Waals surface area contributed by atoms with E-state index >= 15 is 0 Å². The molecule has 0 saturated heterocycles. The van der Waals surface area contributed by atoms with Crippen LogP contribution in [-0.2, 0) is 24.7 Å². The van der Waals surface area contributed by atoms with E-state index < -0.39 is 0 Å². The fourth-order valence-electron chi connectivity index (χ4n) is 1.56. The zero-order valence-electron chi connectivity index (χ0n) is 9.13. The Morgan fingerprint density at radius 3 is 2.62 bits per heavy atom. The van der Waals surface area contributed by atoms with Crippen LogP contribution in [0, 0.1) is 0 Å². The second-order valence-electron chi connectivity index (χ2n) is 3.76. The molecule has 16 heavy (non-hydrogen) atoms. The lowest BCUT2D eigenvalue weighted by Crippen LogP contribution is -2.06. The molecule has 0 N–H and O–H groups in total. The summed E-state index contributed by atoms with van der Waals surface area (Å²) in [5.41, 5.74) is 1.76. The summed E-state index contributed by atoms with van der Waals surface area (Å²) >= 11 is 0. The molecule has 0 amide bonds. The van der Waals surface area contributed by atoms with E-state index in [1.165, 1.54) is 0 Å². The third-order valence-corrected chi connectivity index (χ3v) is 2.27. The summed E-state index contributed by atoms with van der Waals surface area (Å²) in [5, 5.41) is 7.68. The van der Waals surface area contributed by atoms with Gasteiger partial charge in [0.25, 0.3) is 0 Å². The summed E-state index contributed by atoms with van der Waals surface area (Å²) in [7, 11) is 1.79. The van der Waals surface area contributed by atoms with Gasteiger partial charge in [-0.05, 0) is 5.56 Å². The van der Waals surface area contributed by atoms with Crippen molar-refractivity contribution in [2.45, 2.75) is 12.8 Å². The smallest absolute Gasteiger partial charge is 0.143 e. The minimum absolute atomic E-state index is 0.159. The van der Waals surface area contributed by atoms with Gasteiger partial charge in [0.1, 0.15) is 5.78 Å². The molecule has 0 aliphatic carbocycles. The maximum absolute atomic E-state index is 11.7. The lowest BCUT2D eigenvalue weighted by molar-refractivity contribution is -0.117. The van der Waals surface area contributed by atoms with E-state index in [0.717, 1.165) is 11.3 Å². The van der Waals surface area contributed by atoms with Crippen LogP contribution in [0.5, 0.6) is 0 Å². The van der Waals surface area contributed by atoms with E-state index in [1.807, 2.05) is 30.3 Å². The Morgan fingerprint density at radius 1 is 1.25 bits per heavy atom. The van der Waals surface area contributed by atoms with E-state index in [0.29, 0.717) is 12.8 Å². The molecule has 0 aliphatic heterocycles. The highest BCUT2D eigenvalue weighted by Crippen LogP contribution is 2.03. The fourth-order valence-corrected chi connectivity index (χ4v) is 1.56. The zero-order valence-corrected chi connectivity index (χ0v) is 9.13. The highest BCUT2D eigenvalue weighted by Gasteiger charge is 2.07. The van der Waals surface area contributed by atoms with E-state index in [9.17, 15) is 4.79 Å². The minimum Gasteiger partial charge on any atom is -0.299 e. The number of rotatable bonds is 4. The number of carbonyl (C=O) groups excluding carboxylic acids is 1. The van der Waals surface area contributed by atoms with Crippen LogP contribution in [0.2, 0.25) is 0 Å². The lowest BCUT2D eigenvalue weighted by atomic mass is 10.1. The van der Waals surface area contributed by atoms with Gasteiger partial charge < -0.3 is 0 Å². The van der Waals surface area contributed by atoms with Crippen LogP contribution in [0.4, 0.5) is 0 Å². The molecule has 1 aromatic heterocycles. The topological polar surface area (TPSA) is 47.8 Å². The van der Waals surface area contributed by atoms with Crippen molar-refractivity contribution >= 4 is 5.78 Å². The Labute approximate surface area is 93.9 Å². The van der Waals surface area contributed by atoms with Gasteiger partial charge in [-0.2, -0.15) is 0 Å². The van der Waals surface area contributed by atoms with Crippen molar-refractivity contribution in [1.82, 2.24) is 15.0 Å². The highest BCUT2D eigenvalue weighted by atomic mass is 16.1. The Bertz CT molecular complexity index is 476. The quantitative estimate of drug-likeness (QED) is 0.769.